The zero-order chi connectivity index (χ0) is 22.2. The summed E-state index contributed by atoms with van der Waals surface area (Å²) in [4.78, 5) is 0. The summed E-state index contributed by atoms with van der Waals surface area (Å²) in [6.45, 7) is 0.661. The highest BCUT2D eigenvalue weighted by Crippen LogP contribution is 2.28. The summed E-state index contributed by atoms with van der Waals surface area (Å²) in [7, 11) is 1.61. The molecular weight excluding hydrogens is 424 g/mol. The second-order valence-electron chi connectivity index (χ2n) is 6.79. The molecule has 0 unspecified atom stereocenters. The van der Waals surface area contributed by atoms with E-state index in [4.69, 9.17) is 26.4 Å². The Kier molecular flexibility index (Phi) is 6.94. The minimum absolute atomic E-state index is 0.225. The van der Waals surface area contributed by atoms with Gasteiger partial charge in [-0.3, -0.25) is 0 Å². The molecule has 0 amide bonds. The van der Waals surface area contributed by atoms with Gasteiger partial charge in [-0.1, -0.05) is 48.5 Å². The number of hydrogen-bond acceptors (Lipinski definition) is 6. The number of methoxy groups -OCH3 is 1. The molecular formula is C24H22N4O3S. The van der Waals surface area contributed by atoms with Crippen LogP contribution in [-0.4, -0.2) is 28.2 Å². The molecule has 1 aromatic heterocycles. The van der Waals surface area contributed by atoms with Crippen molar-refractivity contribution >= 4 is 18.4 Å². The standard InChI is InChI=1S/C24H22N4O3S/c1-29-21-13-12-19(14-22(21)31-16-18-8-4-2-5-9-18)15-25-28-23(26-27-24(28)32)17-30-20-10-6-3-7-11-20/h2-15H,16-17H2,1H3,(H,27,32)/b25-15+. The Hall–Kier alpha value is -3.91. The van der Waals surface area contributed by atoms with Gasteiger partial charge < -0.3 is 14.2 Å². The molecule has 32 heavy (non-hydrogen) atoms. The topological polar surface area (TPSA) is 73.7 Å². The van der Waals surface area contributed by atoms with Crippen molar-refractivity contribution in [1.29, 1.82) is 0 Å². The molecule has 1 heterocycles. The molecule has 0 aliphatic carbocycles. The fraction of sp³-hybridized carbons (Fsp3) is 0.125. The predicted molar refractivity (Wildman–Crippen MR) is 125 cm³/mol. The molecule has 0 saturated heterocycles. The molecule has 0 spiro atoms. The number of ether oxygens (including phenoxy) is 3. The summed E-state index contributed by atoms with van der Waals surface area (Å²) >= 11 is 5.31. The van der Waals surface area contributed by atoms with Crippen molar-refractivity contribution in [2.24, 2.45) is 5.10 Å². The van der Waals surface area contributed by atoms with Gasteiger partial charge >= 0.3 is 0 Å². The SMILES string of the molecule is COc1ccc(/C=N/n2c(COc3ccccc3)n[nH]c2=S)cc1OCc1ccccc1. The van der Waals surface area contributed by atoms with Crippen molar-refractivity contribution in [3.8, 4) is 17.2 Å². The van der Waals surface area contributed by atoms with Gasteiger partial charge in [0.1, 0.15) is 19.0 Å². The zero-order valence-electron chi connectivity index (χ0n) is 17.5. The van der Waals surface area contributed by atoms with Crippen LogP contribution in [0.3, 0.4) is 0 Å². The summed E-state index contributed by atoms with van der Waals surface area (Å²) in [6, 6.07) is 25.1. The monoisotopic (exact) mass is 446 g/mol. The molecule has 0 bridgehead atoms. The van der Waals surface area contributed by atoms with E-state index < -0.39 is 0 Å². The van der Waals surface area contributed by atoms with Gasteiger partial charge in [-0.2, -0.15) is 14.9 Å². The van der Waals surface area contributed by atoms with Gasteiger partial charge in [-0.05, 0) is 53.7 Å². The molecule has 4 aromatic rings. The van der Waals surface area contributed by atoms with Crippen molar-refractivity contribution in [2.75, 3.05) is 7.11 Å². The first-order valence-corrected chi connectivity index (χ1v) is 10.4. The Morgan fingerprint density at radius 3 is 2.44 bits per heavy atom. The average molecular weight is 447 g/mol. The Morgan fingerprint density at radius 1 is 0.938 bits per heavy atom. The van der Waals surface area contributed by atoms with Gasteiger partial charge in [0, 0.05) is 0 Å². The van der Waals surface area contributed by atoms with Gasteiger partial charge in [-0.15, -0.1) is 0 Å². The van der Waals surface area contributed by atoms with E-state index in [9.17, 15) is 0 Å². The smallest absolute Gasteiger partial charge is 0.216 e. The fourth-order valence-corrected chi connectivity index (χ4v) is 3.15. The van der Waals surface area contributed by atoms with Gasteiger partial charge in [0.15, 0.2) is 17.3 Å². The molecule has 162 valence electrons. The predicted octanol–water partition coefficient (Wildman–Crippen LogP) is 4.99. The minimum Gasteiger partial charge on any atom is -0.493 e. The lowest BCUT2D eigenvalue weighted by Crippen LogP contribution is -2.04. The quantitative estimate of drug-likeness (QED) is 0.290. The van der Waals surface area contributed by atoms with E-state index in [2.05, 4.69) is 15.3 Å². The first-order chi connectivity index (χ1) is 15.7. The van der Waals surface area contributed by atoms with Crippen molar-refractivity contribution in [3.63, 3.8) is 0 Å². The molecule has 0 fully saturated rings. The van der Waals surface area contributed by atoms with Gasteiger partial charge in [0.25, 0.3) is 0 Å². The summed E-state index contributed by atoms with van der Waals surface area (Å²) in [6.07, 6.45) is 1.69. The molecule has 3 aromatic carbocycles. The highest BCUT2D eigenvalue weighted by Gasteiger charge is 2.08. The van der Waals surface area contributed by atoms with Gasteiger partial charge in [0.05, 0.1) is 13.3 Å². The number of nitrogens with one attached hydrogen (secondary N) is 1. The average Bonchev–Trinajstić information content (AvgIpc) is 3.20. The highest BCUT2D eigenvalue weighted by molar-refractivity contribution is 7.71. The summed E-state index contributed by atoms with van der Waals surface area (Å²) < 4.78 is 19.1. The second kappa shape index (κ2) is 10.4. The fourth-order valence-electron chi connectivity index (χ4n) is 2.95. The normalized spacial score (nSPS) is 10.9. The number of H-pyrrole nitrogens is 1. The van der Waals surface area contributed by atoms with Crippen molar-refractivity contribution in [3.05, 3.63) is 101 Å². The van der Waals surface area contributed by atoms with Crippen molar-refractivity contribution in [1.82, 2.24) is 14.9 Å². The molecule has 8 heteroatoms. The van der Waals surface area contributed by atoms with E-state index in [1.165, 1.54) is 4.68 Å². The van der Waals surface area contributed by atoms with Crippen LogP contribution in [0.4, 0.5) is 0 Å². The third-order valence-electron chi connectivity index (χ3n) is 4.58. The molecule has 4 rings (SSSR count). The van der Waals surface area contributed by atoms with Crippen LogP contribution in [-0.2, 0) is 13.2 Å². The summed E-state index contributed by atoms with van der Waals surface area (Å²) in [5.74, 6) is 2.58. The van der Waals surface area contributed by atoms with Crippen LogP contribution >= 0.6 is 12.2 Å². The summed E-state index contributed by atoms with van der Waals surface area (Å²) in [5, 5.41) is 11.4. The van der Waals surface area contributed by atoms with E-state index >= 15 is 0 Å². The number of nitrogens with zero attached hydrogens (tertiary/aromatic N) is 3. The van der Waals surface area contributed by atoms with Gasteiger partial charge in [0.2, 0.25) is 4.77 Å². The minimum atomic E-state index is 0.225. The lowest BCUT2D eigenvalue weighted by Gasteiger charge is -2.11. The highest BCUT2D eigenvalue weighted by atomic mass is 32.1. The molecule has 0 aliphatic rings. The molecule has 0 radical (unpaired) electrons. The van der Waals surface area contributed by atoms with Gasteiger partial charge in [-0.25, -0.2) is 5.10 Å². The van der Waals surface area contributed by atoms with Crippen LogP contribution < -0.4 is 14.2 Å². The Balaban J connectivity index is 1.49. The van der Waals surface area contributed by atoms with E-state index in [-0.39, 0.29) is 6.61 Å². The van der Waals surface area contributed by atoms with Crippen LogP contribution in [0.2, 0.25) is 0 Å². The third-order valence-corrected chi connectivity index (χ3v) is 4.84. The Morgan fingerprint density at radius 2 is 1.69 bits per heavy atom. The van der Waals surface area contributed by atoms with E-state index in [0.717, 1.165) is 16.9 Å². The zero-order valence-corrected chi connectivity index (χ0v) is 18.3. The first kappa shape index (κ1) is 21.3. The Bertz CT molecular complexity index is 1240. The number of hydrogen-bond donors (Lipinski definition) is 1. The molecule has 0 atom stereocenters. The molecule has 0 saturated carbocycles. The van der Waals surface area contributed by atoms with Crippen LogP contribution in [0.15, 0.2) is 84.0 Å². The maximum Gasteiger partial charge on any atom is 0.216 e. The molecule has 1 N–H and O–H groups in total. The summed E-state index contributed by atoms with van der Waals surface area (Å²) in [5.41, 5.74) is 1.90. The van der Waals surface area contributed by atoms with E-state index in [1.54, 1.807) is 13.3 Å². The van der Waals surface area contributed by atoms with E-state index in [1.807, 2.05) is 78.9 Å². The van der Waals surface area contributed by atoms with Crippen molar-refractivity contribution < 1.29 is 14.2 Å². The lowest BCUT2D eigenvalue weighted by atomic mass is 10.2. The first-order valence-electron chi connectivity index (χ1n) is 9.96. The van der Waals surface area contributed by atoms with Crippen LogP contribution in [0.1, 0.15) is 17.0 Å². The molecule has 0 aliphatic heterocycles. The van der Waals surface area contributed by atoms with Crippen molar-refractivity contribution in [2.45, 2.75) is 13.2 Å². The van der Waals surface area contributed by atoms with Crippen LogP contribution in [0, 0.1) is 4.77 Å². The number of para-hydroxylation sites is 1. The third kappa shape index (κ3) is 5.41. The van der Waals surface area contributed by atoms with E-state index in [0.29, 0.717) is 28.7 Å². The number of benzene rings is 3. The number of aromatic amines is 1. The number of aromatic nitrogens is 3. The number of rotatable bonds is 9. The van der Waals surface area contributed by atoms with Crippen LogP contribution in [0.5, 0.6) is 17.2 Å². The maximum absolute atomic E-state index is 5.97. The van der Waals surface area contributed by atoms with Crippen LogP contribution in [0.25, 0.3) is 0 Å². The maximum atomic E-state index is 5.97. The largest absolute Gasteiger partial charge is 0.493 e. The Labute approximate surface area is 190 Å². The lowest BCUT2D eigenvalue weighted by molar-refractivity contribution is 0.284. The second-order valence-corrected chi connectivity index (χ2v) is 7.17. The molecule has 7 nitrogen and oxygen atoms in total.